The second kappa shape index (κ2) is 3.76. The summed E-state index contributed by atoms with van der Waals surface area (Å²) in [6.07, 6.45) is 3.39. The number of halogens is 1. The van der Waals surface area contributed by atoms with E-state index in [-0.39, 0.29) is 0 Å². The van der Waals surface area contributed by atoms with E-state index in [1.807, 2.05) is 18.2 Å². The monoisotopic (exact) mass is 270 g/mol. The van der Waals surface area contributed by atoms with E-state index in [0.717, 1.165) is 16.5 Å². The van der Waals surface area contributed by atoms with E-state index in [2.05, 4.69) is 30.4 Å². The summed E-state index contributed by atoms with van der Waals surface area (Å²) >= 11 is 6.11. The fourth-order valence-electron chi connectivity index (χ4n) is 2.02. The molecule has 3 heterocycles. The minimum Gasteiger partial charge on any atom is -0.278 e. The Labute approximate surface area is 111 Å². The van der Waals surface area contributed by atoms with Crippen LogP contribution in [0.4, 0.5) is 0 Å². The van der Waals surface area contributed by atoms with Crippen LogP contribution in [0.5, 0.6) is 0 Å². The fourth-order valence-corrected chi connectivity index (χ4v) is 2.23. The van der Waals surface area contributed by atoms with Gasteiger partial charge in [0.05, 0.1) is 17.9 Å². The van der Waals surface area contributed by atoms with Crippen LogP contribution in [0.3, 0.4) is 0 Å². The van der Waals surface area contributed by atoms with E-state index in [0.29, 0.717) is 22.0 Å². The average molecular weight is 271 g/mol. The van der Waals surface area contributed by atoms with Crippen molar-refractivity contribution in [3.63, 3.8) is 0 Å². The predicted molar refractivity (Wildman–Crippen MR) is 71.8 cm³/mol. The number of aromatic amines is 2. The van der Waals surface area contributed by atoms with Crippen molar-refractivity contribution in [2.24, 2.45) is 0 Å². The Balaban J connectivity index is 1.97. The Bertz CT molecular complexity index is 893. The zero-order valence-corrected chi connectivity index (χ0v) is 10.3. The molecule has 1 aromatic carbocycles. The first-order valence-electron chi connectivity index (χ1n) is 5.61. The molecule has 2 N–H and O–H groups in total. The molecule has 7 heteroatoms. The lowest BCUT2D eigenvalue weighted by atomic mass is 10.1. The Morgan fingerprint density at radius 3 is 2.84 bits per heavy atom. The van der Waals surface area contributed by atoms with Gasteiger partial charge in [-0.3, -0.25) is 10.2 Å². The molecule has 0 saturated heterocycles. The highest BCUT2D eigenvalue weighted by Gasteiger charge is 2.10. The molecule has 92 valence electrons. The Morgan fingerprint density at radius 2 is 1.89 bits per heavy atom. The van der Waals surface area contributed by atoms with E-state index in [1.54, 1.807) is 12.4 Å². The maximum atomic E-state index is 6.11. The summed E-state index contributed by atoms with van der Waals surface area (Å²) < 4.78 is 0. The topological polar surface area (TPSA) is 83.1 Å². The number of nitrogens with zero attached hydrogens (tertiary/aromatic N) is 4. The van der Waals surface area contributed by atoms with Crippen LogP contribution in [-0.2, 0) is 0 Å². The van der Waals surface area contributed by atoms with Gasteiger partial charge in [-0.1, -0.05) is 11.6 Å². The Kier molecular flexibility index (Phi) is 2.07. The van der Waals surface area contributed by atoms with Crippen LogP contribution in [-0.4, -0.2) is 30.4 Å². The summed E-state index contributed by atoms with van der Waals surface area (Å²) in [5.74, 6) is 0.571. The van der Waals surface area contributed by atoms with Gasteiger partial charge in [0.1, 0.15) is 11.0 Å². The number of hydrogen-bond donors (Lipinski definition) is 2. The first-order valence-corrected chi connectivity index (χ1v) is 5.99. The highest BCUT2D eigenvalue weighted by Crippen LogP contribution is 2.25. The van der Waals surface area contributed by atoms with Crippen molar-refractivity contribution in [2.45, 2.75) is 0 Å². The summed E-state index contributed by atoms with van der Waals surface area (Å²) in [5.41, 5.74) is 3.20. The Morgan fingerprint density at radius 1 is 1.00 bits per heavy atom. The number of benzene rings is 1. The number of H-pyrrole nitrogens is 2. The van der Waals surface area contributed by atoms with Gasteiger partial charge in [-0.15, -0.1) is 0 Å². The lowest BCUT2D eigenvalue weighted by Gasteiger charge is -2.01. The van der Waals surface area contributed by atoms with Gasteiger partial charge in [0, 0.05) is 10.9 Å². The van der Waals surface area contributed by atoms with Crippen LogP contribution in [0.1, 0.15) is 0 Å². The number of aromatic nitrogens is 6. The van der Waals surface area contributed by atoms with Gasteiger partial charge in [0.2, 0.25) is 0 Å². The number of nitrogens with one attached hydrogen (secondary N) is 2. The summed E-state index contributed by atoms with van der Waals surface area (Å²) in [6.45, 7) is 0. The number of fused-ring (bicyclic) bond motifs is 2. The lowest BCUT2D eigenvalue weighted by Crippen LogP contribution is -1.90. The molecular formula is C12H7ClN6. The molecule has 4 aromatic rings. The molecular weight excluding hydrogens is 264 g/mol. The van der Waals surface area contributed by atoms with Gasteiger partial charge in [-0.2, -0.15) is 10.2 Å². The van der Waals surface area contributed by atoms with Gasteiger partial charge in [0.25, 0.3) is 0 Å². The van der Waals surface area contributed by atoms with Crippen molar-refractivity contribution >= 4 is 33.5 Å². The smallest absolute Gasteiger partial charge is 0.161 e. The standard InChI is InChI=1S/C12H7ClN6/c13-11-10-9(5-15-19-10)16-12(17-11)6-1-2-8-7(3-6)4-14-18-8/h1-5H,(H,14,18)(H,15,19). The molecule has 0 radical (unpaired) electrons. The molecule has 0 amide bonds. The predicted octanol–water partition coefficient (Wildman–Crippen LogP) is 2.55. The van der Waals surface area contributed by atoms with Crippen LogP contribution in [0.2, 0.25) is 5.15 Å². The SMILES string of the molecule is Clc1nc(-c2ccc3[nH]ncc3c2)nc2cn[nH]c12. The lowest BCUT2D eigenvalue weighted by molar-refractivity contribution is 1.11. The second-order valence-electron chi connectivity index (χ2n) is 4.14. The first kappa shape index (κ1) is 10.5. The summed E-state index contributed by atoms with van der Waals surface area (Å²) in [7, 11) is 0. The van der Waals surface area contributed by atoms with Crippen LogP contribution in [0, 0.1) is 0 Å². The first-order chi connectivity index (χ1) is 9.31. The molecule has 0 aliphatic rings. The largest absolute Gasteiger partial charge is 0.278 e. The fraction of sp³-hybridized carbons (Fsp3) is 0. The van der Waals surface area contributed by atoms with Crippen molar-refractivity contribution in [1.29, 1.82) is 0 Å². The van der Waals surface area contributed by atoms with Gasteiger partial charge in [-0.05, 0) is 18.2 Å². The van der Waals surface area contributed by atoms with E-state index in [4.69, 9.17) is 11.6 Å². The third kappa shape index (κ3) is 1.57. The summed E-state index contributed by atoms with van der Waals surface area (Å²) in [6, 6.07) is 5.84. The molecule has 4 rings (SSSR count). The molecule has 0 unspecified atom stereocenters. The van der Waals surface area contributed by atoms with E-state index >= 15 is 0 Å². The maximum Gasteiger partial charge on any atom is 0.161 e. The van der Waals surface area contributed by atoms with Crippen molar-refractivity contribution in [1.82, 2.24) is 30.4 Å². The van der Waals surface area contributed by atoms with Crippen molar-refractivity contribution in [3.05, 3.63) is 35.7 Å². The molecule has 0 saturated carbocycles. The van der Waals surface area contributed by atoms with Crippen LogP contribution < -0.4 is 0 Å². The van der Waals surface area contributed by atoms with Crippen molar-refractivity contribution in [2.75, 3.05) is 0 Å². The average Bonchev–Trinajstić information content (AvgIpc) is 3.06. The molecule has 0 atom stereocenters. The molecule has 0 bridgehead atoms. The van der Waals surface area contributed by atoms with E-state index < -0.39 is 0 Å². The minimum atomic E-state index is 0.366. The van der Waals surface area contributed by atoms with Gasteiger partial charge in [0.15, 0.2) is 11.0 Å². The van der Waals surface area contributed by atoms with Crippen molar-refractivity contribution in [3.8, 4) is 11.4 Å². The van der Waals surface area contributed by atoms with Gasteiger partial charge < -0.3 is 0 Å². The number of rotatable bonds is 1. The highest BCUT2D eigenvalue weighted by atomic mass is 35.5. The Hall–Kier alpha value is -2.47. The van der Waals surface area contributed by atoms with Gasteiger partial charge >= 0.3 is 0 Å². The normalized spacial score (nSPS) is 11.4. The second-order valence-corrected chi connectivity index (χ2v) is 4.50. The molecule has 19 heavy (non-hydrogen) atoms. The molecule has 0 aliphatic carbocycles. The van der Waals surface area contributed by atoms with Crippen molar-refractivity contribution < 1.29 is 0 Å². The van der Waals surface area contributed by atoms with E-state index in [1.165, 1.54) is 0 Å². The van der Waals surface area contributed by atoms with Crippen LogP contribution in [0.25, 0.3) is 33.3 Å². The summed E-state index contributed by atoms with van der Waals surface area (Å²) in [4.78, 5) is 8.73. The quantitative estimate of drug-likeness (QED) is 0.521. The maximum absolute atomic E-state index is 6.11. The molecule has 0 spiro atoms. The minimum absolute atomic E-state index is 0.366. The van der Waals surface area contributed by atoms with Crippen LogP contribution in [0.15, 0.2) is 30.6 Å². The molecule has 0 aliphatic heterocycles. The van der Waals surface area contributed by atoms with Crippen LogP contribution >= 0.6 is 11.6 Å². The third-order valence-corrected chi connectivity index (χ3v) is 3.23. The zero-order chi connectivity index (χ0) is 12.8. The highest BCUT2D eigenvalue weighted by molar-refractivity contribution is 6.33. The summed E-state index contributed by atoms with van der Waals surface area (Å²) in [5, 5.41) is 14.9. The van der Waals surface area contributed by atoms with E-state index in [9.17, 15) is 0 Å². The van der Waals surface area contributed by atoms with Gasteiger partial charge in [-0.25, -0.2) is 9.97 Å². The zero-order valence-electron chi connectivity index (χ0n) is 9.55. The number of hydrogen-bond acceptors (Lipinski definition) is 4. The molecule has 0 fully saturated rings. The third-order valence-electron chi connectivity index (χ3n) is 2.95. The molecule has 6 nitrogen and oxygen atoms in total. The molecule has 3 aromatic heterocycles.